The Morgan fingerprint density at radius 1 is 1.09 bits per heavy atom. The molecule has 0 radical (unpaired) electrons. The van der Waals surface area contributed by atoms with Crippen molar-refractivity contribution < 1.29 is 14.3 Å². The number of rotatable bonds is 9. The molecule has 0 aliphatic carbocycles. The minimum absolute atomic E-state index is 0.0439. The summed E-state index contributed by atoms with van der Waals surface area (Å²) in [5, 5.41) is 3.86. The monoisotopic (exact) mass is 492 g/mol. The van der Waals surface area contributed by atoms with Crippen LogP contribution >= 0.6 is 23.2 Å². The van der Waals surface area contributed by atoms with Crippen LogP contribution in [0.1, 0.15) is 59.1 Å². The number of nitrogens with one attached hydrogen (secondary N) is 1. The summed E-state index contributed by atoms with van der Waals surface area (Å²) in [6.45, 7) is 11.9. The zero-order chi connectivity index (χ0) is 24.8. The van der Waals surface area contributed by atoms with E-state index in [1.807, 2.05) is 45.0 Å². The van der Waals surface area contributed by atoms with Gasteiger partial charge in [0.25, 0.3) is 5.91 Å². The molecule has 0 spiro atoms. The van der Waals surface area contributed by atoms with Crippen LogP contribution in [0.5, 0.6) is 5.75 Å². The number of hydrogen-bond donors (Lipinski definition) is 1. The summed E-state index contributed by atoms with van der Waals surface area (Å²) in [7, 11) is 0. The van der Waals surface area contributed by atoms with E-state index in [9.17, 15) is 9.59 Å². The summed E-state index contributed by atoms with van der Waals surface area (Å²) in [5.41, 5.74) is 1.58. The summed E-state index contributed by atoms with van der Waals surface area (Å²) in [5.74, 6) is 0.152. The van der Waals surface area contributed by atoms with Crippen LogP contribution in [-0.2, 0) is 21.5 Å². The van der Waals surface area contributed by atoms with Crippen molar-refractivity contribution in [2.75, 3.05) is 6.61 Å². The van der Waals surface area contributed by atoms with Gasteiger partial charge in [0.2, 0.25) is 5.91 Å². The summed E-state index contributed by atoms with van der Waals surface area (Å²) in [6, 6.07) is 12.1. The van der Waals surface area contributed by atoms with Crippen LogP contribution in [-0.4, -0.2) is 35.4 Å². The first kappa shape index (κ1) is 27.0. The van der Waals surface area contributed by atoms with Gasteiger partial charge in [0.15, 0.2) is 6.61 Å². The second-order valence-electron chi connectivity index (χ2n) is 9.38. The molecule has 2 rings (SSSR count). The van der Waals surface area contributed by atoms with Crippen LogP contribution < -0.4 is 10.1 Å². The average molecular weight is 493 g/mol. The number of halogens is 2. The third kappa shape index (κ3) is 7.65. The van der Waals surface area contributed by atoms with Gasteiger partial charge in [-0.1, -0.05) is 75.2 Å². The average Bonchev–Trinajstić information content (AvgIpc) is 2.72. The van der Waals surface area contributed by atoms with E-state index in [1.54, 1.807) is 18.2 Å². The highest BCUT2D eigenvalue weighted by Crippen LogP contribution is 2.31. The molecule has 0 bridgehead atoms. The second-order valence-corrected chi connectivity index (χ2v) is 10.2. The minimum atomic E-state index is -0.659. The van der Waals surface area contributed by atoms with Crippen molar-refractivity contribution in [2.45, 2.75) is 72.0 Å². The van der Waals surface area contributed by atoms with Gasteiger partial charge in [-0.2, -0.15) is 0 Å². The third-order valence-corrected chi connectivity index (χ3v) is 5.81. The maximum absolute atomic E-state index is 13.4. The van der Waals surface area contributed by atoms with E-state index < -0.39 is 6.04 Å². The Kier molecular flexibility index (Phi) is 9.62. The van der Waals surface area contributed by atoms with Gasteiger partial charge in [-0.15, -0.1) is 0 Å². The zero-order valence-corrected chi connectivity index (χ0v) is 21.8. The van der Waals surface area contributed by atoms with Crippen LogP contribution in [0.15, 0.2) is 42.5 Å². The Morgan fingerprint density at radius 3 is 2.33 bits per heavy atom. The summed E-state index contributed by atoms with van der Waals surface area (Å²) < 4.78 is 5.97. The molecule has 1 N–H and O–H groups in total. The van der Waals surface area contributed by atoms with E-state index in [1.165, 1.54) is 4.90 Å². The first-order chi connectivity index (χ1) is 15.4. The fourth-order valence-corrected chi connectivity index (χ4v) is 4.04. The highest BCUT2D eigenvalue weighted by Gasteiger charge is 2.30. The molecule has 33 heavy (non-hydrogen) atoms. The molecule has 0 saturated carbocycles. The van der Waals surface area contributed by atoms with Crippen LogP contribution in [0.3, 0.4) is 0 Å². The number of hydrogen-bond acceptors (Lipinski definition) is 3. The molecule has 0 heterocycles. The van der Waals surface area contributed by atoms with Gasteiger partial charge in [-0.05, 0) is 55.0 Å². The molecular weight excluding hydrogens is 459 g/mol. The lowest BCUT2D eigenvalue weighted by Gasteiger charge is -2.31. The van der Waals surface area contributed by atoms with E-state index >= 15 is 0 Å². The van der Waals surface area contributed by atoms with Crippen molar-refractivity contribution >= 4 is 35.0 Å². The van der Waals surface area contributed by atoms with Crippen molar-refractivity contribution in [1.82, 2.24) is 10.2 Å². The van der Waals surface area contributed by atoms with E-state index in [2.05, 4.69) is 26.1 Å². The molecule has 7 heteroatoms. The lowest BCUT2D eigenvalue weighted by Crippen LogP contribution is -2.51. The molecule has 1 atom stereocenters. The van der Waals surface area contributed by atoms with Crippen molar-refractivity contribution in [3.63, 3.8) is 0 Å². The van der Waals surface area contributed by atoms with Crippen LogP contribution in [0.4, 0.5) is 0 Å². The fourth-order valence-electron chi connectivity index (χ4n) is 3.57. The van der Waals surface area contributed by atoms with E-state index in [0.717, 1.165) is 5.56 Å². The van der Waals surface area contributed by atoms with Gasteiger partial charge in [-0.3, -0.25) is 9.59 Å². The van der Waals surface area contributed by atoms with Crippen molar-refractivity contribution in [1.29, 1.82) is 0 Å². The molecular formula is C26H34Cl2N2O3. The zero-order valence-electron chi connectivity index (χ0n) is 20.2. The highest BCUT2D eigenvalue weighted by atomic mass is 35.5. The van der Waals surface area contributed by atoms with Gasteiger partial charge in [0, 0.05) is 22.6 Å². The molecule has 2 amide bonds. The fraction of sp³-hybridized carbons (Fsp3) is 0.462. The van der Waals surface area contributed by atoms with Crippen molar-refractivity contribution in [2.24, 2.45) is 0 Å². The number of carbonyl (C=O) groups is 2. The Balaban J connectivity index is 2.32. The molecule has 2 aromatic rings. The number of ether oxygens (including phenoxy) is 1. The Morgan fingerprint density at radius 2 is 1.76 bits per heavy atom. The number of para-hydroxylation sites is 1. The molecule has 1 unspecified atom stereocenters. The SMILES string of the molecule is CCC(C(=O)NC(C)C)N(Cc1ccc(Cl)cc1Cl)C(=O)COc1ccccc1C(C)(C)C. The van der Waals surface area contributed by atoms with Gasteiger partial charge < -0.3 is 15.0 Å². The second kappa shape index (κ2) is 11.8. The van der Waals surface area contributed by atoms with Gasteiger partial charge in [-0.25, -0.2) is 0 Å². The standard InChI is InChI=1S/C26H34Cl2N2O3/c1-7-22(25(32)29-17(2)3)30(15-18-12-13-19(27)14-21(18)28)24(31)16-33-23-11-9-8-10-20(23)26(4,5)6/h8-14,17,22H,7,15-16H2,1-6H3,(H,29,32). The number of nitrogens with zero attached hydrogens (tertiary/aromatic N) is 1. The molecule has 0 fully saturated rings. The summed E-state index contributed by atoms with van der Waals surface area (Å²) >= 11 is 12.4. The number of benzene rings is 2. The lowest BCUT2D eigenvalue weighted by molar-refractivity contribution is -0.143. The number of amides is 2. The first-order valence-corrected chi connectivity index (χ1v) is 12.0. The third-order valence-electron chi connectivity index (χ3n) is 5.22. The quantitative estimate of drug-likeness (QED) is 0.466. The van der Waals surface area contributed by atoms with Crippen LogP contribution in [0.25, 0.3) is 0 Å². The maximum Gasteiger partial charge on any atom is 0.261 e. The van der Waals surface area contributed by atoms with Crippen molar-refractivity contribution in [3.05, 3.63) is 63.6 Å². The van der Waals surface area contributed by atoms with Crippen LogP contribution in [0, 0.1) is 0 Å². The molecule has 0 aliphatic rings. The first-order valence-electron chi connectivity index (χ1n) is 11.2. The molecule has 180 valence electrons. The largest absolute Gasteiger partial charge is 0.483 e. The van der Waals surface area contributed by atoms with E-state index in [-0.39, 0.29) is 36.4 Å². The highest BCUT2D eigenvalue weighted by molar-refractivity contribution is 6.35. The van der Waals surface area contributed by atoms with E-state index in [0.29, 0.717) is 27.8 Å². The normalized spacial score (nSPS) is 12.4. The predicted octanol–water partition coefficient (Wildman–Crippen LogP) is 6.00. The summed E-state index contributed by atoms with van der Waals surface area (Å²) in [4.78, 5) is 27.9. The topological polar surface area (TPSA) is 58.6 Å². The lowest BCUT2D eigenvalue weighted by atomic mass is 9.86. The van der Waals surface area contributed by atoms with Crippen molar-refractivity contribution in [3.8, 4) is 5.75 Å². The molecule has 0 aromatic heterocycles. The Labute approximate surface area is 207 Å². The van der Waals surface area contributed by atoms with Gasteiger partial charge >= 0.3 is 0 Å². The van der Waals surface area contributed by atoms with E-state index in [4.69, 9.17) is 27.9 Å². The molecule has 2 aromatic carbocycles. The molecule has 0 saturated heterocycles. The molecule has 0 aliphatic heterocycles. The maximum atomic E-state index is 13.4. The molecule has 5 nitrogen and oxygen atoms in total. The van der Waals surface area contributed by atoms with Gasteiger partial charge in [0.05, 0.1) is 0 Å². The predicted molar refractivity (Wildman–Crippen MR) is 135 cm³/mol. The van der Waals surface area contributed by atoms with Crippen LogP contribution in [0.2, 0.25) is 10.0 Å². The Hall–Kier alpha value is -2.24. The van der Waals surface area contributed by atoms with Gasteiger partial charge in [0.1, 0.15) is 11.8 Å². The smallest absolute Gasteiger partial charge is 0.261 e. The summed E-state index contributed by atoms with van der Waals surface area (Å²) in [6.07, 6.45) is 0.452. The number of carbonyl (C=O) groups excluding carboxylic acids is 2. The Bertz CT molecular complexity index is 970. The minimum Gasteiger partial charge on any atom is -0.483 e.